The summed E-state index contributed by atoms with van der Waals surface area (Å²) in [5, 5.41) is 4.73. The maximum atomic E-state index is 5.81. The van der Waals surface area contributed by atoms with Crippen LogP contribution in [-0.2, 0) is 0 Å². The Kier molecular flexibility index (Phi) is 3.15. The van der Waals surface area contributed by atoms with E-state index in [1.165, 1.54) is 24.6 Å². The van der Waals surface area contributed by atoms with Crippen molar-refractivity contribution in [2.75, 3.05) is 11.9 Å². The molecule has 2 unspecified atom stereocenters. The predicted molar refractivity (Wildman–Crippen MR) is 75.5 cm³/mol. The van der Waals surface area contributed by atoms with Gasteiger partial charge < -0.3 is 11.1 Å². The number of hydrogen-bond acceptors (Lipinski definition) is 3. The maximum Gasteiger partial charge on any atom is 0.126 e. The summed E-state index contributed by atoms with van der Waals surface area (Å²) in [6.45, 7) is 0.769. The summed E-state index contributed by atoms with van der Waals surface area (Å²) in [5.74, 6) is 1.57. The molecule has 1 aliphatic rings. The first-order valence-electron chi connectivity index (χ1n) is 6.69. The number of benzene rings is 1. The highest BCUT2D eigenvalue weighted by Gasteiger charge is 2.25. The van der Waals surface area contributed by atoms with Gasteiger partial charge in [-0.3, -0.25) is 0 Å². The van der Waals surface area contributed by atoms with E-state index in [9.17, 15) is 0 Å². The highest BCUT2D eigenvalue weighted by Crippen LogP contribution is 2.27. The lowest BCUT2D eigenvalue weighted by molar-refractivity contribution is 0.515. The first-order valence-corrected chi connectivity index (χ1v) is 6.69. The minimum absolute atomic E-state index is 0.490. The molecule has 0 amide bonds. The van der Waals surface area contributed by atoms with Crippen molar-refractivity contribution in [2.45, 2.75) is 25.3 Å². The Bertz CT molecular complexity index is 538. The van der Waals surface area contributed by atoms with Crippen LogP contribution in [0.2, 0.25) is 0 Å². The molecule has 1 fully saturated rings. The summed E-state index contributed by atoms with van der Waals surface area (Å²) in [6.07, 6.45) is 3.71. The van der Waals surface area contributed by atoms with Crippen LogP contribution >= 0.6 is 0 Å². The van der Waals surface area contributed by atoms with Crippen LogP contribution in [0.1, 0.15) is 19.3 Å². The lowest BCUT2D eigenvalue weighted by Crippen LogP contribution is -2.29. The second-order valence-electron chi connectivity index (χ2n) is 5.07. The second-order valence-corrected chi connectivity index (χ2v) is 5.07. The van der Waals surface area contributed by atoms with Gasteiger partial charge in [0.1, 0.15) is 5.82 Å². The molecule has 0 saturated heterocycles. The topological polar surface area (TPSA) is 50.9 Å². The zero-order valence-electron chi connectivity index (χ0n) is 10.5. The summed E-state index contributed by atoms with van der Waals surface area (Å²) in [7, 11) is 0. The molecule has 2 atom stereocenters. The fraction of sp³-hybridized carbons (Fsp3) is 0.400. The minimum atomic E-state index is 0.490. The van der Waals surface area contributed by atoms with Gasteiger partial charge in [-0.05, 0) is 43.5 Å². The molecule has 1 aromatic heterocycles. The average Bonchev–Trinajstić information content (AvgIpc) is 2.86. The van der Waals surface area contributed by atoms with Crippen molar-refractivity contribution in [3.05, 3.63) is 36.4 Å². The first kappa shape index (κ1) is 11.5. The molecule has 1 aliphatic carbocycles. The molecular formula is C15H19N3. The third-order valence-electron chi connectivity index (χ3n) is 3.89. The van der Waals surface area contributed by atoms with Gasteiger partial charge in [0.05, 0.1) is 5.52 Å². The van der Waals surface area contributed by atoms with Gasteiger partial charge in [-0.2, -0.15) is 0 Å². The SMILES string of the molecule is NCC1CCCC1Nc1ccc2ccccc2n1. The summed E-state index contributed by atoms with van der Waals surface area (Å²) in [4.78, 5) is 4.66. The molecule has 3 nitrogen and oxygen atoms in total. The van der Waals surface area contributed by atoms with Crippen molar-refractivity contribution >= 4 is 16.7 Å². The molecular weight excluding hydrogens is 222 g/mol. The molecule has 18 heavy (non-hydrogen) atoms. The Morgan fingerprint density at radius 1 is 1.17 bits per heavy atom. The second kappa shape index (κ2) is 4.94. The number of para-hydroxylation sites is 1. The zero-order valence-corrected chi connectivity index (χ0v) is 10.5. The van der Waals surface area contributed by atoms with Crippen molar-refractivity contribution in [3.8, 4) is 0 Å². The quantitative estimate of drug-likeness (QED) is 0.868. The van der Waals surface area contributed by atoms with E-state index in [2.05, 4.69) is 34.6 Å². The van der Waals surface area contributed by atoms with Gasteiger partial charge in [0.2, 0.25) is 0 Å². The molecule has 1 heterocycles. The number of nitrogens with zero attached hydrogens (tertiary/aromatic N) is 1. The number of pyridine rings is 1. The minimum Gasteiger partial charge on any atom is -0.367 e. The fourth-order valence-electron chi connectivity index (χ4n) is 2.85. The number of aromatic nitrogens is 1. The zero-order chi connectivity index (χ0) is 12.4. The van der Waals surface area contributed by atoms with Crippen molar-refractivity contribution in [1.82, 2.24) is 4.98 Å². The Morgan fingerprint density at radius 3 is 2.94 bits per heavy atom. The standard InChI is InChI=1S/C15H19N3/c16-10-12-5-3-7-14(12)18-15-9-8-11-4-1-2-6-13(11)17-15/h1-2,4,6,8-9,12,14H,3,5,7,10,16H2,(H,17,18). The monoisotopic (exact) mass is 241 g/mol. The Labute approximate surface area is 107 Å². The number of nitrogens with one attached hydrogen (secondary N) is 1. The Morgan fingerprint density at radius 2 is 2.06 bits per heavy atom. The van der Waals surface area contributed by atoms with Gasteiger partial charge >= 0.3 is 0 Å². The Balaban J connectivity index is 1.82. The molecule has 1 saturated carbocycles. The lowest BCUT2D eigenvalue weighted by Gasteiger charge is -2.20. The van der Waals surface area contributed by atoms with Crippen molar-refractivity contribution < 1.29 is 0 Å². The van der Waals surface area contributed by atoms with E-state index in [1.807, 2.05) is 12.1 Å². The highest BCUT2D eigenvalue weighted by atomic mass is 15.0. The molecule has 0 spiro atoms. The van der Waals surface area contributed by atoms with Crippen LogP contribution < -0.4 is 11.1 Å². The Hall–Kier alpha value is -1.61. The number of rotatable bonds is 3. The number of hydrogen-bond donors (Lipinski definition) is 2. The van der Waals surface area contributed by atoms with Gasteiger partial charge in [-0.15, -0.1) is 0 Å². The molecule has 3 rings (SSSR count). The maximum absolute atomic E-state index is 5.81. The number of anilines is 1. The number of nitrogens with two attached hydrogens (primary N) is 1. The van der Waals surface area contributed by atoms with E-state index in [-0.39, 0.29) is 0 Å². The molecule has 0 bridgehead atoms. The first-order chi connectivity index (χ1) is 8.86. The van der Waals surface area contributed by atoms with Gasteiger partial charge in [-0.25, -0.2) is 4.98 Å². The average molecular weight is 241 g/mol. The third kappa shape index (κ3) is 2.18. The van der Waals surface area contributed by atoms with Gasteiger partial charge in [0.15, 0.2) is 0 Å². The van der Waals surface area contributed by atoms with E-state index in [0.717, 1.165) is 17.9 Å². The van der Waals surface area contributed by atoms with E-state index in [4.69, 9.17) is 5.73 Å². The molecule has 3 heteroatoms. The fourth-order valence-corrected chi connectivity index (χ4v) is 2.85. The van der Waals surface area contributed by atoms with Crippen LogP contribution in [0.25, 0.3) is 10.9 Å². The summed E-state index contributed by atoms with van der Waals surface area (Å²) in [5.41, 5.74) is 6.85. The largest absolute Gasteiger partial charge is 0.367 e. The highest BCUT2D eigenvalue weighted by molar-refractivity contribution is 5.80. The van der Waals surface area contributed by atoms with Gasteiger partial charge in [0, 0.05) is 11.4 Å². The molecule has 0 radical (unpaired) electrons. The molecule has 2 aromatic rings. The normalized spacial score (nSPS) is 23.4. The lowest BCUT2D eigenvalue weighted by atomic mass is 10.0. The van der Waals surface area contributed by atoms with Gasteiger partial charge in [0.25, 0.3) is 0 Å². The van der Waals surface area contributed by atoms with Crippen LogP contribution in [-0.4, -0.2) is 17.6 Å². The third-order valence-corrected chi connectivity index (χ3v) is 3.89. The van der Waals surface area contributed by atoms with Gasteiger partial charge in [-0.1, -0.05) is 24.6 Å². The van der Waals surface area contributed by atoms with Crippen molar-refractivity contribution in [2.24, 2.45) is 11.7 Å². The van der Waals surface area contributed by atoms with Crippen molar-refractivity contribution in [3.63, 3.8) is 0 Å². The van der Waals surface area contributed by atoms with E-state index in [0.29, 0.717) is 12.0 Å². The smallest absolute Gasteiger partial charge is 0.126 e. The van der Waals surface area contributed by atoms with Crippen LogP contribution in [0.5, 0.6) is 0 Å². The van der Waals surface area contributed by atoms with E-state index >= 15 is 0 Å². The van der Waals surface area contributed by atoms with Crippen LogP contribution in [0, 0.1) is 5.92 Å². The van der Waals surface area contributed by atoms with Crippen LogP contribution in [0.4, 0.5) is 5.82 Å². The van der Waals surface area contributed by atoms with Crippen LogP contribution in [0.3, 0.4) is 0 Å². The van der Waals surface area contributed by atoms with E-state index < -0.39 is 0 Å². The predicted octanol–water partition coefficient (Wildman–Crippen LogP) is 2.77. The molecule has 3 N–H and O–H groups in total. The van der Waals surface area contributed by atoms with Crippen molar-refractivity contribution in [1.29, 1.82) is 0 Å². The van der Waals surface area contributed by atoms with E-state index in [1.54, 1.807) is 0 Å². The molecule has 1 aromatic carbocycles. The van der Waals surface area contributed by atoms with Crippen LogP contribution in [0.15, 0.2) is 36.4 Å². The summed E-state index contributed by atoms with van der Waals surface area (Å²) in [6, 6.07) is 12.9. The molecule has 0 aliphatic heterocycles. The number of fused-ring (bicyclic) bond motifs is 1. The molecule has 94 valence electrons. The summed E-state index contributed by atoms with van der Waals surface area (Å²) < 4.78 is 0. The summed E-state index contributed by atoms with van der Waals surface area (Å²) >= 11 is 0.